The van der Waals surface area contributed by atoms with Gasteiger partial charge in [-0.1, -0.05) is 12.1 Å². The highest BCUT2D eigenvalue weighted by atomic mass is 32.2. The molecule has 1 saturated heterocycles. The van der Waals surface area contributed by atoms with Gasteiger partial charge in [-0.15, -0.1) is 4.40 Å². The van der Waals surface area contributed by atoms with Crippen LogP contribution in [0.5, 0.6) is 0 Å². The van der Waals surface area contributed by atoms with Crippen molar-refractivity contribution in [3.05, 3.63) is 24.3 Å². The number of benzene rings is 1. The molecule has 0 atom stereocenters. The van der Waals surface area contributed by atoms with Crippen LogP contribution in [0.4, 0.5) is 5.69 Å². The van der Waals surface area contributed by atoms with Crippen LogP contribution in [0.2, 0.25) is 0 Å². The average molecular weight is 423 g/mol. The van der Waals surface area contributed by atoms with Crippen LogP contribution in [-0.2, 0) is 19.6 Å². The number of hydrogen-bond acceptors (Lipinski definition) is 6. The summed E-state index contributed by atoms with van der Waals surface area (Å²) in [5.74, 6) is 0.526. The molecule has 29 heavy (non-hydrogen) atoms. The molecule has 0 unspecified atom stereocenters. The Morgan fingerprint density at radius 2 is 2.03 bits per heavy atom. The van der Waals surface area contributed by atoms with Crippen LogP contribution in [0.25, 0.3) is 0 Å². The molecule has 0 saturated carbocycles. The maximum absolute atomic E-state index is 12.3. The molecule has 2 aliphatic rings. The molecule has 1 aromatic rings. The lowest BCUT2D eigenvalue weighted by Gasteiger charge is -2.32. The lowest BCUT2D eigenvalue weighted by atomic mass is 9.96. The van der Waals surface area contributed by atoms with E-state index in [0.29, 0.717) is 31.2 Å². The molecule has 0 bridgehead atoms. The van der Waals surface area contributed by atoms with Crippen LogP contribution in [0, 0.1) is 5.92 Å². The Morgan fingerprint density at radius 1 is 1.31 bits per heavy atom. The van der Waals surface area contributed by atoms with Crippen LogP contribution in [0.3, 0.4) is 0 Å². The molecule has 2 heterocycles. The number of rotatable bonds is 8. The standard InChI is InChI=1S/C20H30N4O4S/c1-15(2)28-13-5-10-21-20(25)16-8-11-24(12-9-16)14-19-22-17-6-3-4-7-18(17)29(26,27)23-19/h3-4,6-7,15-16H,5,8-14H2,1-2H3,(H,21,25)(H,22,23). The van der Waals surface area contributed by atoms with Crippen molar-refractivity contribution < 1.29 is 17.9 Å². The molecule has 0 radical (unpaired) electrons. The van der Waals surface area contributed by atoms with Crippen molar-refractivity contribution in [2.75, 3.05) is 38.1 Å². The monoisotopic (exact) mass is 422 g/mol. The van der Waals surface area contributed by atoms with Crippen molar-refractivity contribution in [3.63, 3.8) is 0 Å². The van der Waals surface area contributed by atoms with Gasteiger partial charge in [0.15, 0.2) is 0 Å². The van der Waals surface area contributed by atoms with E-state index in [2.05, 4.69) is 19.9 Å². The van der Waals surface area contributed by atoms with Crippen molar-refractivity contribution >= 4 is 27.5 Å². The molecule has 1 amide bonds. The summed E-state index contributed by atoms with van der Waals surface area (Å²) in [5, 5.41) is 6.11. The maximum Gasteiger partial charge on any atom is 0.286 e. The fraction of sp³-hybridized carbons (Fsp3) is 0.600. The molecule has 0 aromatic heterocycles. The first kappa shape index (κ1) is 21.7. The number of likely N-dealkylation sites (tertiary alicyclic amines) is 1. The molecule has 2 N–H and O–H groups in total. The van der Waals surface area contributed by atoms with Gasteiger partial charge < -0.3 is 15.4 Å². The quantitative estimate of drug-likeness (QED) is 0.620. The lowest BCUT2D eigenvalue weighted by Crippen LogP contribution is -2.44. The van der Waals surface area contributed by atoms with Gasteiger partial charge in [0.1, 0.15) is 10.7 Å². The molecule has 0 aliphatic carbocycles. The van der Waals surface area contributed by atoms with Crippen molar-refractivity contribution in [2.45, 2.75) is 44.1 Å². The molecular weight excluding hydrogens is 392 g/mol. The van der Waals surface area contributed by atoms with Crippen molar-refractivity contribution in [1.29, 1.82) is 0 Å². The first-order valence-corrected chi connectivity index (χ1v) is 11.6. The van der Waals surface area contributed by atoms with E-state index in [4.69, 9.17) is 4.74 Å². The van der Waals surface area contributed by atoms with E-state index in [0.717, 1.165) is 32.4 Å². The zero-order valence-corrected chi connectivity index (χ0v) is 17.9. The second-order valence-corrected chi connectivity index (χ2v) is 9.32. The third kappa shape index (κ3) is 6.01. The predicted octanol–water partition coefficient (Wildman–Crippen LogP) is 1.84. The average Bonchev–Trinajstić information content (AvgIpc) is 2.67. The summed E-state index contributed by atoms with van der Waals surface area (Å²) in [7, 11) is -3.66. The first-order chi connectivity index (χ1) is 13.8. The van der Waals surface area contributed by atoms with Gasteiger partial charge in [-0.3, -0.25) is 9.69 Å². The number of nitrogens with one attached hydrogen (secondary N) is 2. The Bertz CT molecular complexity index is 846. The van der Waals surface area contributed by atoms with E-state index in [1.165, 1.54) is 0 Å². The van der Waals surface area contributed by atoms with Gasteiger partial charge in [-0.05, 0) is 58.3 Å². The van der Waals surface area contributed by atoms with Gasteiger partial charge in [-0.2, -0.15) is 8.42 Å². The molecule has 8 nitrogen and oxygen atoms in total. The van der Waals surface area contributed by atoms with E-state index in [1.54, 1.807) is 24.3 Å². The largest absolute Gasteiger partial charge is 0.379 e. The van der Waals surface area contributed by atoms with Crippen LogP contribution in [0.15, 0.2) is 33.6 Å². The Hall–Kier alpha value is -1.97. The third-order valence-electron chi connectivity index (χ3n) is 5.08. The number of carbonyl (C=O) groups is 1. The van der Waals surface area contributed by atoms with E-state index in [1.807, 2.05) is 13.8 Å². The van der Waals surface area contributed by atoms with Crippen molar-refractivity contribution in [3.8, 4) is 0 Å². The summed E-state index contributed by atoms with van der Waals surface area (Å²) in [5.41, 5.74) is 0.563. The number of amidine groups is 1. The summed E-state index contributed by atoms with van der Waals surface area (Å²) >= 11 is 0. The van der Waals surface area contributed by atoms with Gasteiger partial charge >= 0.3 is 0 Å². The number of piperidine rings is 1. The van der Waals surface area contributed by atoms with Crippen molar-refractivity contribution in [1.82, 2.24) is 10.2 Å². The minimum absolute atomic E-state index is 0.00276. The van der Waals surface area contributed by atoms with Gasteiger partial charge in [-0.25, -0.2) is 0 Å². The number of para-hydroxylation sites is 1. The Morgan fingerprint density at radius 3 is 2.76 bits per heavy atom. The Labute approximate surface area is 172 Å². The third-order valence-corrected chi connectivity index (χ3v) is 6.45. The van der Waals surface area contributed by atoms with E-state index < -0.39 is 10.0 Å². The molecule has 1 fully saturated rings. The SMILES string of the molecule is CC(C)OCCCNC(=O)C1CCN(CC2=NS(=O)(=O)c3ccccc3N2)CC1. The fourth-order valence-corrected chi connectivity index (χ4v) is 4.69. The van der Waals surface area contributed by atoms with Crippen LogP contribution >= 0.6 is 0 Å². The van der Waals surface area contributed by atoms with E-state index >= 15 is 0 Å². The summed E-state index contributed by atoms with van der Waals surface area (Å²) in [6.07, 6.45) is 2.53. The minimum Gasteiger partial charge on any atom is -0.379 e. The normalized spacial score (nSPS) is 19.3. The lowest BCUT2D eigenvalue weighted by molar-refractivity contribution is -0.126. The molecule has 3 rings (SSSR count). The minimum atomic E-state index is -3.66. The highest BCUT2D eigenvalue weighted by molar-refractivity contribution is 7.90. The number of amides is 1. The molecule has 0 spiro atoms. The second-order valence-electron chi connectivity index (χ2n) is 7.75. The highest BCUT2D eigenvalue weighted by Crippen LogP contribution is 2.27. The van der Waals surface area contributed by atoms with Gasteiger partial charge in [0.25, 0.3) is 10.0 Å². The summed E-state index contributed by atoms with van der Waals surface area (Å²) in [6.45, 7) is 7.16. The molecule has 1 aromatic carbocycles. The van der Waals surface area contributed by atoms with Crippen LogP contribution in [0.1, 0.15) is 33.1 Å². The van der Waals surface area contributed by atoms with Crippen LogP contribution in [-0.4, -0.2) is 64.0 Å². The maximum atomic E-state index is 12.3. The Balaban J connectivity index is 1.43. The number of hydrogen-bond donors (Lipinski definition) is 2. The first-order valence-electron chi connectivity index (χ1n) is 10.2. The van der Waals surface area contributed by atoms with Gasteiger partial charge in [0, 0.05) is 19.1 Å². The van der Waals surface area contributed by atoms with Crippen molar-refractivity contribution in [2.24, 2.45) is 10.3 Å². The van der Waals surface area contributed by atoms with E-state index in [-0.39, 0.29) is 22.8 Å². The number of anilines is 1. The number of ether oxygens (including phenoxy) is 1. The topological polar surface area (TPSA) is 100 Å². The fourth-order valence-electron chi connectivity index (χ4n) is 3.55. The number of nitrogens with zero attached hydrogens (tertiary/aromatic N) is 2. The van der Waals surface area contributed by atoms with Crippen LogP contribution < -0.4 is 10.6 Å². The highest BCUT2D eigenvalue weighted by Gasteiger charge is 2.28. The summed E-state index contributed by atoms with van der Waals surface area (Å²) in [4.78, 5) is 14.7. The van der Waals surface area contributed by atoms with E-state index in [9.17, 15) is 13.2 Å². The number of fused-ring (bicyclic) bond motifs is 1. The smallest absolute Gasteiger partial charge is 0.286 e. The predicted molar refractivity (Wildman–Crippen MR) is 113 cm³/mol. The molecule has 160 valence electrons. The number of carbonyl (C=O) groups excluding carboxylic acids is 1. The number of sulfonamides is 1. The Kier molecular flexibility index (Phi) is 7.26. The van der Waals surface area contributed by atoms with Gasteiger partial charge in [0.05, 0.1) is 18.3 Å². The molecular formula is C20H30N4O4S. The second kappa shape index (κ2) is 9.69. The van der Waals surface area contributed by atoms with Gasteiger partial charge in [0.2, 0.25) is 5.91 Å². The summed E-state index contributed by atoms with van der Waals surface area (Å²) in [6, 6.07) is 6.77. The zero-order chi connectivity index (χ0) is 20.9. The summed E-state index contributed by atoms with van der Waals surface area (Å²) < 4.78 is 34.1. The zero-order valence-electron chi connectivity index (χ0n) is 17.1. The molecule has 9 heteroatoms. The molecule has 2 aliphatic heterocycles.